The van der Waals surface area contributed by atoms with Crippen molar-refractivity contribution in [2.24, 2.45) is 4.99 Å². The molecule has 0 atom stereocenters. The van der Waals surface area contributed by atoms with Gasteiger partial charge in [-0.25, -0.2) is 0 Å². The molecule has 0 saturated carbocycles. The van der Waals surface area contributed by atoms with Gasteiger partial charge in [0.2, 0.25) is 0 Å². The molecule has 2 N–H and O–H groups in total. The Morgan fingerprint density at radius 3 is 2.57 bits per heavy atom. The van der Waals surface area contributed by atoms with E-state index in [1.54, 1.807) is 0 Å². The lowest BCUT2D eigenvalue weighted by Gasteiger charge is -2.26. The van der Waals surface area contributed by atoms with Crippen molar-refractivity contribution < 1.29 is 4.74 Å². The molecule has 1 aromatic rings. The minimum absolute atomic E-state index is 0.840. The Labute approximate surface area is 171 Å². The Hall–Kier alpha value is -1.79. The topological polar surface area (TPSA) is 52.1 Å². The van der Waals surface area contributed by atoms with Crippen molar-refractivity contribution in [3.8, 4) is 0 Å². The van der Waals surface area contributed by atoms with E-state index in [2.05, 4.69) is 64.6 Å². The highest BCUT2D eigenvalue weighted by atomic mass is 16.5. The summed E-state index contributed by atoms with van der Waals surface area (Å²) in [6.07, 6.45) is 3.44. The zero-order valence-electron chi connectivity index (χ0n) is 17.8. The number of nitrogens with one attached hydrogen (secondary N) is 2. The third-order valence-corrected chi connectivity index (χ3v) is 5.00. The van der Waals surface area contributed by atoms with E-state index in [-0.39, 0.29) is 0 Å². The summed E-state index contributed by atoms with van der Waals surface area (Å²) in [6.45, 7) is 14.2. The van der Waals surface area contributed by atoms with Crippen molar-refractivity contribution in [3.63, 3.8) is 0 Å². The molecule has 0 aliphatic carbocycles. The summed E-state index contributed by atoms with van der Waals surface area (Å²) in [6, 6.07) is 10.6. The Bertz CT molecular complexity index is 531. The molecule has 1 aliphatic heterocycles. The Morgan fingerprint density at radius 2 is 1.86 bits per heavy atom. The van der Waals surface area contributed by atoms with Gasteiger partial charge in [-0.1, -0.05) is 18.2 Å². The van der Waals surface area contributed by atoms with Gasteiger partial charge in [0.25, 0.3) is 0 Å². The smallest absolute Gasteiger partial charge is 0.191 e. The molecular weight excluding hydrogens is 350 g/mol. The standard InChI is InChI=1S/C22H39N5O/c1-3-23-22(24-13-8-9-15-26-17-19-28-20-18-26)25-14-10-16-27(4-2)21-11-6-5-7-12-21/h5-7,11-12H,3-4,8-10,13-20H2,1-2H3,(H2,23,24,25). The fourth-order valence-corrected chi connectivity index (χ4v) is 3.39. The van der Waals surface area contributed by atoms with Crippen LogP contribution in [0.2, 0.25) is 0 Å². The van der Waals surface area contributed by atoms with E-state index in [1.807, 2.05) is 0 Å². The normalized spacial score (nSPS) is 15.4. The molecule has 1 fully saturated rings. The number of morpholine rings is 1. The minimum atomic E-state index is 0.840. The van der Waals surface area contributed by atoms with Crippen molar-refractivity contribution in [2.75, 3.05) is 70.5 Å². The van der Waals surface area contributed by atoms with Crippen LogP contribution in [0.15, 0.2) is 35.3 Å². The average molecular weight is 390 g/mol. The lowest BCUT2D eigenvalue weighted by molar-refractivity contribution is 0.0372. The van der Waals surface area contributed by atoms with Crippen LogP contribution in [0.1, 0.15) is 33.1 Å². The van der Waals surface area contributed by atoms with Crippen molar-refractivity contribution in [1.82, 2.24) is 15.5 Å². The third kappa shape index (κ3) is 8.93. The van der Waals surface area contributed by atoms with Gasteiger partial charge in [0.15, 0.2) is 5.96 Å². The monoisotopic (exact) mass is 389 g/mol. The second-order valence-electron chi connectivity index (χ2n) is 7.12. The molecule has 0 spiro atoms. The molecular formula is C22H39N5O. The van der Waals surface area contributed by atoms with Gasteiger partial charge in [-0.2, -0.15) is 0 Å². The summed E-state index contributed by atoms with van der Waals surface area (Å²) in [7, 11) is 0. The first kappa shape index (κ1) is 22.5. The summed E-state index contributed by atoms with van der Waals surface area (Å²) >= 11 is 0. The first-order valence-corrected chi connectivity index (χ1v) is 11.0. The number of nitrogens with zero attached hydrogens (tertiary/aromatic N) is 3. The molecule has 1 heterocycles. The van der Waals surface area contributed by atoms with Gasteiger partial charge in [0, 0.05) is 51.5 Å². The number of benzene rings is 1. The molecule has 0 radical (unpaired) electrons. The third-order valence-electron chi connectivity index (χ3n) is 5.00. The van der Waals surface area contributed by atoms with Crippen LogP contribution in [0, 0.1) is 0 Å². The number of aliphatic imine (C=N–C) groups is 1. The molecule has 6 heteroatoms. The van der Waals surface area contributed by atoms with Crippen molar-refractivity contribution in [3.05, 3.63) is 30.3 Å². The van der Waals surface area contributed by atoms with E-state index in [0.717, 1.165) is 71.4 Å². The van der Waals surface area contributed by atoms with Crippen molar-refractivity contribution in [1.29, 1.82) is 0 Å². The van der Waals surface area contributed by atoms with Gasteiger partial charge in [-0.15, -0.1) is 0 Å². The number of hydrogen-bond acceptors (Lipinski definition) is 4. The van der Waals surface area contributed by atoms with E-state index >= 15 is 0 Å². The molecule has 0 amide bonds. The number of hydrogen-bond donors (Lipinski definition) is 2. The number of anilines is 1. The number of guanidine groups is 1. The molecule has 28 heavy (non-hydrogen) atoms. The lowest BCUT2D eigenvalue weighted by Crippen LogP contribution is -2.39. The Balaban J connectivity index is 1.62. The largest absolute Gasteiger partial charge is 0.379 e. The van der Waals surface area contributed by atoms with Gasteiger partial charge >= 0.3 is 0 Å². The maximum atomic E-state index is 5.40. The average Bonchev–Trinajstić information content (AvgIpc) is 2.75. The number of unbranched alkanes of at least 4 members (excludes halogenated alkanes) is 1. The Kier molecular flexibility index (Phi) is 11.4. The molecule has 1 aromatic carbocycles. The summed E-state index contributed by atoms with van der Waals surface area (Å²) in [5, 5.41) is 6.83. The number of rotatable bonds is 12. The fourth-order valence-electron chi connectivity index (χ4n) is 3.39. The number of para-hydroxylation sites is 1. The summed E-state index contributed by atoms with van der Waals surface area (Å²) in [5.41, 5.74) is 1.29. The second kappa shape index (κ2) is 14.2. The summed E-state index contributed by atoms with van der Waals surface area (Å²) < 4.78 is 5.40. The van der Waals surface area contributed by atoms with Crippen molar-refractivity contribution in [2.45, 2.75) is 33.1 Å². The lowest BCUT2D eigenvalue weighted by atomic mass is 10.2. The first-order valence-electron chi connectivity index (χ1n) is 11.0. The first-order chi connectivity index (χ1) is 13.8. The highest BCUT2D eigenvalue weighted by molar-refractivity contribution is 5.79. The number of ether oxygens (including phenoxy) is 1. The predicted octanol–water partition coefficient (Wildman–Crippen LogP) is 2.57. The Morgan fingerprint density at radius 1 is 1.07 bits per heavy atom. The van der Waals surface area contributed by atoms with E-state index in [9.17, 15) is 0 Å². The van der Waals surface area contributed by atoms with Crippen LogP contribution in [0.25, 0.3) is 0 Å². The molecule has 2 rings (SSSR count). The van der Waals surface area contributed by atoms with E-state index in [0.29, 0.717) is 0 Å². The van der Waals surface area contributed by atoms with E-state index in [1.165, 1.54) is 25.1 Å². The molecule has 0 aromatic heterocycles. The van der Waals surface area contributed by atoms with E-state index in [4.69, 9.17) is 9.73 Å². The zero-order valence-corrected chi connectivity index (χ0v) is 17.8. The summed E-state index contributed by atoms with van der Waals surface area (Å²) in [4.78, 5) is 9.64. The minimum Gasteiger partial charge on any atom is -0.379 e. The molecule has 6 nitrogen and oxygen atoms in total. The highest BCUT2D eigenvalue weighted by Gasteiger charge is 2.09. The maximum Gasteiger partial charge on any atom is 0.191 e. The SMILES string of the molecule is CCNC(=NCCCN(CC)c1ccccc1)NCCCCN1CCOCC1. The van der Waals surface area contributed by atoms with Gasteiger partial charge < -0.3 is 20.3 Å². The molecule has 0 unspecified atom stereocenters. The van der Waals surface area contributed by atoms with Gasteiger partial charge in [0.1, 0.15) is 0 Å². The quantitative estimate of drug-likeness (QED) is 0.327. The van der Waals surface area contributed by atoms with Crippen LogP contribution in [-0.2, 0) is 4.74 Å². The van der Waals surface area contributed by atoms with Gasteiger partial charge in [-0.05, 0) is 51.8 Å². The molecule has 0 bridgehead atoms. The van der Waals surface area contributed by atoms with Crippen LogP contribution in [0.4, 0.5) is 5.69 Å². The van der Waals surface area contributed by atoms with E-state index < -0.39 is 0 Å². The van der Waals surface area contributed by atoms with Crippen molar-refractivity contribution >= 4 is 11.6 Å². The molecule has 1 aliphatic rings. The van der Waals surface area contributed by atoms with Crippen LogP contribution in [0.3, 0.4) is 0 Å². The van der Waals surface area contributed by atoms with Gasteiger partial charge in [0.05, 0.1) is 13.2 Å². The van der Waals surface area contributed by atoms with Crippen LogP contribution >= 0.6 is 0 Å². The van der Waals surface area contributed by atoms with Crippen LogP contribution in [0.5, 0.6) is 0 Å². The van der Waals surface area contributed by atoms with Crippen LogP contribution in [-0.4, -0.2) is 76.4 Å². The predicted molar refractivity (Wildman–Crippen MR) is 119 cm³/mol. The second-order valence-corrected chi connectivity index (χ2v) is 7.12. The highest BCUT2D eigenvalue weighted by Crippen LogP contribution is 2.12. The fraction of sp³-hybridized carbons (Fsp3) is 0.682. The van der Waals surface area contributed by atoms with Gasteiger partial charge in [-0.3, -0.25) is 9.89 Å². The zero-order chi connectivity index (χ0) is 19.9. The molecule has 1 saturated heterocycles. The maximum absolute atomic E-state index is 5.40. The molecule has 158 valence electrons. The summed E-state index contributed by atoms with van der Waals surface area (Å²) in [5.74, 6) is 0.941. The van der Waals surface area contributed by atoms with Crippen LogP contribution < -0.4 is 15.5 Å².